The van der Waals surface area contributed by atoms with E-state index in [9.17, 15) is 5.11 Å². The Morgan fingerprint density at radius 3 is 1.68 bits per heavy atom. The quantitative estimate of drug-likeness (QED) is 0.777. The standard InChI is InChI=1S/C16H36O4Si2/c1-15(2,3)21(7,8)19-12-11-18-14(17)13(12)20-22(9,10)16(4,5)6/h12-14,17H,11H2,1-10H3/t12-,13+,14?/m0/s1. The van der Waals surface area contributed by atoms with Crippen molar-refractivity contribution in [2.24, 2.45) is 0 Å². The fourth-order valence-corrected chi connectivity index (χ4v) is 4.49. The Hall–Kier alpha value is 0.274. The molecule has 3 atom stereocenters. The van der Waals surface area contributed by atoms with Gasteiger partial charge < -0.3 is 18.7 Å². The molecule has 6 heteroatoms. The average Bonchev–Trinajstić information content (AvgIpc) is 2.57. The predicted molar refractivity (Wildman–Crippen MR) is 96.1 cm³/mol. The Kier molecular flexibility index (Phi) is 5.81. The van der Waals surface area contributed by atoms with Crippen molar-refractivity contribution in [1.82, 2.24) is 0 Å². The van der Waals surface area contributed by atoms with E-state index in [0.717, 1.165) is 0 Å². The molecule has 0 saturated carbocycles. The number of rotatable bonds is 4. The molecule has 0 aromatic heterocycles. The molecule has 0 aromatic rings. The van der Waals surface area contributed by atoms with E-state index < -0.39 is 22.9 Å². The molecule has 1 N–H and O–H groups in total. The van der Waals surface area contributed by atoms with Crippen molar-refractivity contribution >= 4 is 16.6 Å². The summed E-state index contributed by atoms with van der Waals surface area (Å²) in [4.78, 5) is 0. The van der Waals surface area contributed by atoms with Crippen LogP contribution < -0.4 is 0 Å². The predicted octanol–water partition coefficient (Wildman–Crippen LogP) is 4.12. The van der Waals surface area contributed by atoms with Crippen LogP contribution in [0.5, 0.6) is 0 Å². The van der Waals surface area contributed by atoms with E-state index in [1.165, 1.54) is 0 Å². The number of ether oxygens (including phenoxy) is 1. The Morgan fingerprint density at radius 1 is 0.864 bits per heavy atom. The van der Waals surface area contributed by atoms with Crippen LogP contribution in [0.4, 0.5) is 0 Å². The molecule has 0 spiro atoms. The lowest BCUT2D eigenvalue weighted by molar-refractivity contribution is -0.106. The molecule has 1 aliphatic rings. The van der Waals surface area contributed by atoms with Gasteiger partial charge in [0.25, 0.3) is 0 Å². The van der Waals surface area contributed by atoms with Crippen LogP contribution in [0, 0.1) is 0 Å². The molecule has 4 nitrogen and oxygen atoms in total. The van der Waals surface area contributed by atoms with Gasteiger partial charge in [-0.25, -0.2) is 0 Å². The lowest BCUT2D eigenvalue weighted by atomic mass is 10.2. The molecule has 1 heterocycles. The van der Waals surface area contributed by atoms with Gasteiger partial charge in [-0.15, -0.1) is 0 Å². The van der Waals surface area contributed by atoms with Crippen LogP contribution in [0.25, 0.3) is 0 Å². The molecule has 132 valence electrons. The minimum absolute atomic E-state index is 0.0941. The zero-order valence-corrected chi connectivity index (χ0v) is 18.1. The summed E-state index contributed by atoms with van der Waals surface area (Å²) < 4.78 is 18.3. The third-order valence-corrected chi connectivity index (χ3v) is 14.5. The van der Waals surface area contributed by atoms with Crippen LogP contribution in [0.3, 0.4) is 0 Å². The molecule has 0 amide bonds. The van der Waals surface area contributed by atoms with Gasteiger partial charge in [0.1, 0.15) is 6.10 Å². The second-order valence-electron chi connectivity index (χ2n) is 9.48. The summed E-state index contributed by atoms with van der Waals surface area (Å²) in [6.45, 7) is 22.5. The van der Waals surface area contributed by atoms with Gasteiger partial charge in [0.05, 0.1) is 12.7 Å². The van der Waals surface area contributed by atoms with Crippen molar-refractivity contribution < 1.29 is 18.7 Å². The lowest BCUT2D eigenvalue weighted by Crippen LogP contribution is -2.52. The highest BCUT2D eigenvalue weighted by Gasteiger charge is 2.49. The molecule has 1 saturated heterocycles. The highest BCUT2D eigenvalue weighted by Crippen LogP contribution is 2.41. The maximum absolute atomic E-state index is 10.2. The second kappa shape index (κ2) is 6.29. The summed E-state index contributed by atoms with van der Waals surface area (Å²) in [5.74, 6) is 0. The van der Waals surface area contributed by atoms with E-state index in [-0.39, 0.29) is 22.3 Å². The first kappa shape index (κ1) is 20.3. The third-order valence-electron chi connectivity index (χ3n) is 5.57. The lowest BCUT2D eigenvalue weighted by Gasteiger charge is -2.43. The van der Waals surface area contributed by atoms with E-state index in [1.807, 2.05) is 0 Å². The minimum atomic E-state index is -1.98. The van der Waals surface area contributed by atoms with Crippen LogP contribution in [0.15, 0.2) is 0 Å². The number of hydrogen-bond donors (Lipinski definition) is 1. The van der Waals surface area contributed by atoms with E-state index in [2.05, 4.69) is 67.7 Å². The van der Waals surface area contributed by atoms with Gasteiger partial charge in [0, 0.05) is 0 Å². The number of hydrogen-bond acceptors (Lipinski definition) is 4. The zero-order valence-electron chi connectivity index (χ0n) is 16.1. The van der Waals surface area contributed by atoms with Gasteiger partial charge in [-0.3, -0.25) is 0 Å². The molecule has 0 radical (unpaired) electrons. The molecule has 22 heavy (non-hydrogen) atoms. The van der Waals surface area contributed by atoms with Gasteiger partial charge in [0.2, 0.25) is 0 Å². The Bertz CT molecular complexity index is 383. The van der Waals surface area contributed by atoms with E-state index >= 15 is 0 Å². The van der Waals surface area contributed by atoms with Gasteiger partial charge >= 0.3 is 0 Å². The van der Waals surface area contributed by atoms with Crippen molar-refractivity contribution in [3.05, 3.63) is 0 Å². The molecular weight excluding hydrogens is 312 g/mol. The normalized spacial score (nSPS) is 28.2. The van der Waals surface area contributed by atoms with E-state index in [1.54, 1.807) is 0 Å². The highest BCUT2D eigenvalue weighted by molar-refractivity contribution is 6.74. The molecule has 1 fully saturated rings. The number of aliphatic hydroxyl groups excluding tert-OH is 1. The molecule has 0 aliphatic carbocycles. The third kappa shape index (κ3) is 4.42. The van der Waals surface area contributed by atoms with Crippen LogP contribution in [-0.4, -0.2) is 46.8 Å². The van der Waals surface area contributed by atoms with Crippen LogP contribution >= 0.6 is 0 Å². The largest absolute Gasteiger partial charge is 0.409 e. The summed E-state index contributed by atoms with van der Waals surface area (Å²) >= 11 is 0. The van der Waals surface area contributed by atoms with E-state index in [0.29, 0.717) is 6.61 Å². The van der Waals surface area contributed by atoms with Crippen LogP contribution in [-0.2, 0) is 13.6 Å². The summed E-state index contributed by atoms with van der Waals surface area (Å²) in [6, 6.07) is 0. The second-order valence-corrected chi connectivity index (χ2v) is 19.0. The van der Waals surface area contributed by atoms with Crippen LogP contribution in [0.1, 0.15) is 41.5 Å². The maximum atomic E-state index is 10.2. The first-order valence-corrected chi connectivity index (χ1v) is 14.1. The van der Waals surface area contributed by atoms with Gasteiger partial charge in [-0.1, -0.05) is 41.5 Å². The zero-order chi connectivity index (χ0) is 17.6. The molecule has 1 unspecified atom stereocenters. The van der Waals surface area contributed by atoms with Crippen LogP contribution in [0.2, 0.25) is 36.3 Å². The highest BCUT2D eigenvalue weighted by atomic mass is 28.4. The monoisotopic (exact) mass is 348 g/mol. The molecular formula is C16H36O4Si2. The molecule has 1 aliphatic heterocycles. The first-order chi connectivity index (χ1) is 9.58. The maximum Gasteiger partial charge on any atom is 0.192 e. The van der Waals surface area contributed by atoms with Crippen molar-refractivity contribution in [3.63, 3.8) is 0 Å². The SMILES string of the molecule is CC(C)(C)[Si](C)(C)O[C@H]1COC(O)[C@@H]1O[Si](C)(C)C(C)(C)C. The van der Waals surface area contributed by atoms with Gasteiger partial charge in [-0.2, -0.15) is 0 Å². The van der Waals surface area contributed by atoms with Gasteiger partial charge in [0.15, 0.2) is 22.9 Å². The Labute approximate surface area is 138 Å². The summed E-state index contributed by atoms with van der Waals surface area (Å²) in [7, 11) is -3.90. The summed E-state index contributed by atoms with van der Waals surface area (Å²) in [6.07, 6.45) is -1.44. The fourth-order valence-electron chi connectivity index (χ4n) is 1.87. The van der Waals surface area contributed by atoms with Crippen molar-refractivity contribution in [2.75, 3.05) is 6.61 Å². The number of aliphatic hydroxyl groups is 1. The molecule has 1 rings (SSSR count). The van der Waals surface area contributed by atoms with Crippen molar-refractivity contribution in [3.8, 4) is 0 Å². The summed E-state index contributed by atoms with van der Waals surface area (Å²) in [5, 5.41) is 10.4. The topological polar surface area (TPSA) is 47.9 Å². The van der Waals surface area contributed by atoms with E-state index in [4.69, 9.17) is 13.6 Å². The Morgan fingerprint density at radius 2 is 1.27 bits per heavy atom. The van der Waals surface area contributed by atoms with Crippen molar-refractivity contribution in [2.45, 2.75) is 96.3 Å². The Balaban J connectivity index is 2.89. The smallest absolute Gasteiger partial charge is 0.192 e. The summed E-state index contributed by atoms with van der Waals surface area (Å²) in [5.41, 5.74) is 0. The molecule has 0 bridgehead atoms. The minimum Gasteiger partial charge on any atom is -0.409 e. The van der Waals surface area contributed by atoms with Crippen molar-refractivity contribution in [1.29, 1.82) is 0 Å². The molecule has 0 aromatic carbocycles. The first-order valence-electron chi connectivity index (χ1n) is 8.24. The fraction of sp³-hybridized carbons (Fsp3) is 1.00. The average molecular weight is 349 g/mol. The van der Waals surface area contributed by atoms with Gasteiger partial charge in [-0.05, 0) is 36.3 Å².